The number of benzene rings is 1. The molecule has 0 atom stereocenters. The molecule has 0 spiro atoms. The maximum absolute atomic E-state index is 11.8. The van der Waals surface area contributed by atoms with Gasteiger partial charge in [-0.2, -0.15) is 0 Å². The molecule has 0 amide bonds. The van der Waals surface area contributed by atoms with Gasteiger partial charge in [-0.25, -0.2) is 8.42 Å². The first-order valence-corrected chi connectivity index (χ1v) is 7.43. The van der Waals surface area contributed by atoms with Crippen LogP contribution in [0.1, 0.15) is 16.8 Å². The van der Waals surface area contributed by atoms with Gasteiger partial charge in [-0.3, -0.25) is 14.8 Å². The zero-order chi connectivity index (χ0) is 13.2. The van der Waals surface area contributed by atoms with E-state index in [0.29, 0.717) is 16.6 Å². The zero-order valence-corrected chi connectivity index (χ0v) is 10.6. The van der Waals surface area contributed by atoms with Crippen molar-refractivity contribution in [2.75, 3.05) is 12.0 Å². The van der Waals surface area contributed by atoms with Gasteiger partial charge in [0.2, 0.25) is 0 Å². The fourth-order valence-corrected chi connectivity index (χ4v) is 2.12. The Kier molecular flexibility index (Phi) is 3.38. The predicted molar refractivity (Wildman–Crippen MR) is 68.2 cm³/mol. The fourth-order valence-electron chi connectivity index (χ4n) is 1.56. The third kappa shape index (κ3) is 3.10. The maximum atomic E-state index is 11.8. The summed E-state index contributed by atoms with van der Waals surface area (Å²) >= 11 is 0. The average molecular weight is 264 g/mol. The molecule has 0 radical (unpaired) electrons. The molecule has 0 saturated heterocycles. The quantitative estimate of drug-likeness (QED) is 0.777. The summed E-state index contributed by atoms with van der Waals surface area (Å²) in [5.41, 5.74) is 1.80. The lowest BCUT2D eigenvalue weighted by molar-refractivity contribution is 0.0989. The van der Waals surface area contributed by atoms with Crippen LogP contribution in [0.25, 0.3) is 11.0 Å². The largest absolute Gasteiger partial charge is 0.294 e. The van der Waals surface area contributed by atoms with Gasteiger partial charge in [0.25, 0.3) is 0 Å². The Hall–Kier alpha value is -1.82. The van der Waals surface area contributed by atoms with Crippen molar-refractivity contribution in [3.8, 4) is 0 Å². The van der Waals surface area contributed by atoms with E-state index in [0.717, 1.165) is 6.26 Å². The highest BCUT2D eigenvalue weighted by atomic mass is 32.2. The van der Waals surface area contributed by atoms with Gasteiger partial charge >= 0.3 is 0 Å². The predicted octanol–water partition coefficient (Wildman–Crippen LogP) is 1.25. The normalized spacial score (nSPS) is 11.6. The summed E-state index contributed by atoms with van der Waals surface area (Å²) in [6.07, 6.45) is 4.23. The van der Waals surface area contributed by atoms with Crippen molar-refractivity contribution in [1.82, 2.24) is 9.97 Å². The van der Waals surface area contributed by atoms with Crippen molar-refractivity contribution in [3.05, 3.63) is 36.2 Å². The first-order valence-electron chi connectivity index (χ1n) is 5.37. The number of carbonyl (C=O) groups is 1. The van der Waals surface area contributed by atoms with Crippen LogP contribution in [0, 0.1) is 0 Å². The van der Waals surface area contributed by atoms with Gasteiger partial charge in [0, 0.05) is 30.6 Å². The van der Waals surface area contributed by atoms with Crippen LogP contribution in [-0.4, -0.2) is 36.2 Å². The zero-order valence-electron chi connectivity index (χ0n) is 9.83. The number of fused-ring (bicyclic) bond motifs is 1. The third-order valence-electron chi connectivity index (χ3n) is 2.49. The van der Waals surface area contributed by atoms with Crippen molar-refractivity contribution >= 4 is 26.7 Å². The highest BCUT2D eigenvalue weighted by Gasteiger charge is 2.11. The lowest BCUT2D eigenvalue weighted by Crippen LogP contribution is -2.09. The molecule has 0 aliphatic heterocycles. The summed E-state index contributed by atoms with van der Waals surface area (Å²) in [6, 6.07) is 4.98. The average Bonchev–Trinajstić information content (AvgIpc) is 2.34. The van der Waals surface area contributed by atoms with Crippen molar-refractivity contribution in [1.29, 1.82) is 0 Å². The number of aromatic nitrogens is 2. The van der Waals surface area contributed by atoms with E-state index in [9.17, 15) is 13.2 Å². The van der Waals surface area contributed by atoms with Gasteiger partial charge in [-0.05, 0) is 18.2 Å². The van der Waals surface area contributed by atoms with E-state index in [2.05, 4.69) is 9.97 Å². The van der Waals surface area contributed by atoms with Crippen molar-refractivity contribution in [2.24, 2.45) is 0 Å². The van der Waals surface area contributed by atoms with Crippen molar-refractivity contribution < 1.29 is 13.2 Å². The number of hydrogen-bond acceptors (Lipinski definition) is 5. The van der Waals surface area contributed by atoms with Crippen LogP contribution in [0.2, 0.25) is 0 Å². The van der Waals surface area contributed by atoms with E-state index < -0.39 is 9.84 Å². The molecule has 5 nitrogen and oxygen atoms in total. The lowest BCUT2D eigenvalue weighted by Gasteiger charge is -2.01. The summed E-state index contributed by atoms with van der Waals surface area (Å²) in [4.78, 5) is 20.0. The van der Waals surface area contributed by atoms with Crippen molar-refractivity contribution in [3.63, 3.8) is 0 Å². The monoisotopic (exact) mass is 264 g/mol. The number of Topliss-reactive ketones (excluding diaryl/α,β-unsaturated/α-hetero) is 1. The Bertz CT molecular complexity index is 695. The summed E-state index contributed by atoms with van der Waals surface area (Å²) in [7, 11) is -3.12. The molecule has 0 unspecified atom stereocenters. The second-order valence-electron chi connectivity index (χ2n) is 4.06. The molecule has 2 aromatic rings. The Morgan fingerprint density at radius 3 is 2.50 bits per heavy atom. The number of ketones is 1. The smallest absolute Gasteiger partial charge is 0.163 e. The third-order valence-corrected chi connectivity index (χ3v) is 3.44. The number of sulfone groups is 1. The van der Waals surface area contributed by atoms with E-state index in [1.165, 1.54) is 0 Å². The minimum Gasteiger partial charge on any atom is -0.294 e. The molecule has 2 rings (SSSR count). The minimum absolute atomic E-state index is 0.00932. The number of rotatable bonds is 4. The summed E-state index contributed by atoms with van der Waals surface area (Å²) in [6.45, 7) is 0. The first kappa shape index (κ1) is 12.6. The van der Waals surface area contributed by atoms with Gasteiger partial charge < -0.3 is 0 Å². The standard InChI is InChI=1S/C12H12N2O3S/c1-18(16,17)7-4-12(15)9-2-3-10-11(8-9)14-6-5-13-10/h2-3,5-6,8H,4,7H2,1H3. The van der Waals surface area contributed by atoms with Crippen molar-refractivity contribution in [2.45, 2.75) is 6.42 Å². The maximum Gasteiger partial charge on any atom is 0.163 e. The molecule has 0 aliphatic carbocycles. The molecule has 0 aliphatic rings. The lowest BCUT2D eigenvalue weighted by atomic mass is 10.1. The van der Waals surface area contributed by atoms with Gasteiger partial charge in [0.1, 0.15) is 9.84 Å². The van der Waals surface area contributed by atoms with Gasteiger partial charge in [-0.1, -0.05) is 0 Å². The van der Waals surface area contributed by atoms with Crippen LogP contribution in [0.15, 0.2) is 30.6 Å². The highest BCUT2D eigenvalue weighted by Crippen LogP contribution is 2.12. The molecular formula is C12H12N2O3S. The van der Waals surface area contributed by atoms with Crippen LogP contribution < -0.4 is 0 Å². The van der Waals surface area contributed by atoms with E-state index in [4.69, 9.17) is 0 Å². The van der Waals surface area contributed by atoms with Crippen LogP contribution >= 0.6 is 0 Å². The number of hydrogen-bond donors (Lipinski definition) is 0. The van der Waals surface area contributed by atoms with Crippen LogP contribution in [0.4, 0.5) is 0 Å². The molecule has 1 aromatic carbocycles. The Morgan fingerprint density at radius 2 is 1.83 bits per heavy atom. The topological polar surface area (TPSA) is 77.0 Å². The van der Waals surface area contributed by atoms with Gasteiger partial charge in [0.15, 0.2) is 5.78 Å². The molecule has 94 valence electrons. The molecular weight excluding hydrogens is 252 g/mol. The molecule has 0 N–H and O–H groups in total. The number of nitrogens with zero attached hydrogens (tertiary/aromatic N) is 2. The van der Waals surface area contributed by atoms with E-state index in [-0.39, 0.29) is 18.0 Å². The molecule has 6 heteroatoms. The molecule has 0 fully saturated rings. The molecule has 18 heavy (non-hydrogen) atoms. The number of carbonyl (C=O) groups excluding carboxylic acids is 1. The summed E-state index contributed by atoms with van der Waals surface area (Å²) < 4.78 is 22.0. The molecule has 0 bridgehead atoms. The fraction of sp³-hybridized carbons (Fsp3) is 0.250. The SMILES string of the molecule is CS(=O)(=O)CCC(=O)c1ccc2nccnc2c1. The molecule has 1 heterocycles. The second-order valence-corrected chi connectivity index (χ2v) is 6.32. The van der Waals surface area contributed by atoms with Crippen LogP contribution in [0.5, 0.6) is 0 Å². The second kappa shape index (κ2) is 4.81. The summed E-state index contributed by atoms with van der Waals surface area (Å²) in [5.74, 6) is -0.336. The van der Waals surface area contributed by atoms with E-state index >= 15 is 0 Å². The highest BCUT2D eigenvalue weighted by molar-refractivity contribution is 7.90. The Balaban J connectivity index is 2.23. The summed E-state index contributed by atoms with van der Waals surface area (Å²) in [5, 5.41) is 0. The van der Waals surface area contributed by atoms with E-state index in [1.54, 1.807) is 30.6 Å². The van der Waals surface area contributed by atoms with Crippen LogP contribution in [-0.2, 0) is 9.84 Å². The molecule has 0 saturated carbocycles. The first-order chi connectivity index (χ1) is 8.46. The van der Waals surface area contributed by atoms with Crippen LogP contribution in [0.3, 0.4) is 0 Å². The Morgan fingerprint density at radius 1 is 1.17 bits per heavy atom. The van der Waals surface area contributed by atoms with E-state index in [1.807, 2.05) is 0 Å². The Labute approximate surface area is 105 Å². The van der Waals surface area contributed by atoms with Gasteiger partial charge in [0.05, 0.1) is 16.8 Å². The minimum atomic E-state index is -3.12. The molecule has 1 aromatic heterocycles. The van der Waals surface area contributed by atoms with Gasteiger partial charge in [-0.15, -0.1) is 0 Å².